The van der Waals surface area contributed by atoms with E-state index in [-0.39, 0.29) is 11.4 Å². The van der Waals surface area contributed by atoms with Gasteiger partial charge in [0.05, 0.1) is 5.54 Å². The zero-order valence-corrected chi connectivity index (χ0v) is 7.50. The van der Waals surface area contributed by atoms with Crippen LogP contribution in [0.2, 0.25) is 0 Å². The Balaban J connectivity index is 2.04. The van der Waals surface area contributed by atoms with Gasteiger partial charge in [0.15, 0.2) is 0 Å². The summed E-state index contributed by atoms with van der Waals surface area (Å²) >= 11 is 0. The van der Waals surface area contributed by atoms with Crippen molar-refractivity contribution in [1.82, 2.24) is 10.4 Å². The quantitative estimate of drug-likeness (QED) is 0.642. The zero-order valence-electron chi connectivity index (χ0n) is 7.50. The molecule has 0 aromatic rings. The third-order valence-electron chi connectivity index (χ3n) is 2.67. The monoisotopic (exact) mass is 184 g/mol. The van der Waals surface area contributed by atoms with Gasteiger partial charge >= 0.3 is 6.09 Å². The van der Waals surface area contributed by atoms with Crippen molar-refractivity contribution in [3.05, 3.63) is 0 Å². The third-order valence-corrected chi connectivity index (χ3v) is 2.67. The summed E-state index contributed by atoms with van der Waals surface area (Å²) in [4.78, 5) is 27.1. The van der Waals surface area contributed by atoms with E-state index in [4.69, 9.17) is 4.84 Å². The topological polar surface area (TPSA) is 58.6 Å². The molecule has 2 rings (SSSR count). The smallest absolute Gasteiger partial charge is 0.323 e. The molecule has 0 atom stereocenters. The van der Waals surface area contributed by atoms with Crippen molar-refractivity contribution in [1.29, 1.82) is 0 Å². The number of nitrogens with one attached hydrogen (secondary N) is 1. The number of carbonyl (C=O) groups is 2. The molecule has 0 bridgehead atoms. The average Bonchev–Trinajstić information content (AvgIpc) is 2.84. The Labute approximate surface area is 76.0 Å². The van der Waals surface area contributed by atoms with Gasteiger partial charge in [-0.2, -0.15) is 5.06 Å². The molecule has 5 heteroatoms. The van der Waals surface area contributed by atoms with Gasteiger partial charge < -0.3 is 10.2 Å². The Morgan fingerprint density at radius 2 is 2.23 bits per heavy atom. The van der Waals surface area contributed by atoms with Gasteiger partial charge in [-0.1, -0.05) is 0 Å². The minimum atomic E-state index is -0.568. The van der Waals surface area contributed by atoms with Gasteiger partial charge in [0.25, 0.3) is 5.91 Å². The fraction of sp³-hybridized carbons (Fsp3) is 0.750. The van der Waals surface area contributed by atoms with Gasteiger partial charge in [0.2, 0.25) is 0 Å². The van der Waals surface area contributed by atoms with Crippen LogP contribution in [0.25, 0.3) is 0 Å². The van der Waals surface area contributed by atoms with Crippen LogP contribution < -0.4 is 5.32 Å². The molecule has 0 aromatic carbocycles. The molecule has 1 saturated carbocycles. The summed E-state index contributed by atoms with van der Waals surface area (Å²) in [5.74, 6) is -0.0823. The molecular weight excluding hydrogens is 172 g/mol. The summed E-state index contributed by atoms with van der Waals surface area (Å²) in [5.41, 5.74) is -0.135. The molecule has 1 N–H and O–H groups in total. The largest absolute Gasteiger partial charge is 0.431 e. The molecular formula is C8H12N2O3. The van der Waals surface area contributed by atoms with Crippen LogP contribution in [-0.2, 0) is 9.63 Å². The highest BCUT2D eigenvalue weighted by Gasteiger charge is 2.56. The second-order valence-electron chi connectivity index (χ2n) is 3.54. The first-order valence-corrected chi connectivity index (χ1v) is 4.41. The van der Waals surface area contributed by atoms with E-state index in [1.165, 1.54) is 12.1 Å². The number of nitrogens with zero attached hydrogens (tertiary/aromatic N) is 1. The Kier molecular flexibility index (Phi) is 1.68. The number of hydrogen-bond donors (Lipinski definition) is 1. The van der Waals surface area contributed by atoms with Gasteiger partial charge in [0, 0.05) is 13.5 Å². The van der Waals surface area contributed by atoms with Gasteiger partial charge in [-0.25, -0.2) is 4.79 Å². The lowest BCUT2D eigenvalue weighted by Crippen LogP contribution is -2.39. The van der Waals surface area contributed by atoms with Crippen molar-refractivity contribution in [2.24, 2.45) is 0 Å². The molecule has 1 aliphatic carbocycles. The molecule has 13 heavy (non-hydrogen) atoms. The lowest BCUT2D eigenvalue weighted by molar-refractivity contribution is -0.168. The molecule has 1 spiro atoms. The number of rotatable bonds is 1. The molecule has 2 amide bonds. The molecule has 2 fully saturated rings. The maximum Gasteiger partial charge on any atom is 0.431 e. The Hall–Kier alpha value is -1.26. The highest BCUT2D eigenvalue weighted by atomic mass is 16.7. The molecule has 0 aromatic heterocycles. The Bertz CT molecular complexity index is 260. The summed E-state index contributed by atoms with van der Waals surface area (Å²) in [6.45, 7) is 0. The first-order chi connectivity index (χ1) is 6.18. The van der Waals surface area contributed by atoms with Crippen LogP contribution in [0.15, 0.2) is 0 Å². The predicted molar refractivity (Wildman–Crippen MR) is 43.6 cm³/mol. The summed E-state index contributed by atoms with van der Waals surface area (Å²) in [5, 5.41) is 3.58. The lowest BCUT2D eigenvalue weighted by Gasteiger charge is -2.21. The molecule has 1 heterocycles. The van der Waals surface area contributed by atoms with E-state index in [0.717, 1.165) is 19.3 Å². The SMILES string of the molecule is CNC(=O)ON1C(=O)CCC12CC2. The van der Waals surface area contributed by atoms with Crippen LogP contribution in [0.4, 0.5) is 4.79 Å². The molecule has 0 radical (unpaired) electrons. The van der Waals surface area contributed by atoms with Gasteiger partial charge in [-0.3, -0.25) is 4.79 Å². The van der Waals surface area contributed by atoms with Crippen LogP contribution in [0.5, 0.6) is 0 Å². The standard InChI is InChI=1S/C8H12N2O3/c1-9-7(12)13-10-6(11)2-3-8(10)4-5-8/h2-5H2,1H3,(H,9,12). The van der Waals surface area contributed by atoms with Crippen LogP contribution in [0.3, 0.4) is 0 Å². The van der Waals surface area contributed by atoms with Gasteiger partial charge in [-0.05, 0) is 19.3 Å². The molecule has 5 nitrogen and oxygen atoms in total. The minimum absolute atomic E-state index is 0.0823. The molecule has 0 unspecified atom stereocenters. The van der Waals surface area contributed by atoms with Crippen LogP contribution in [-0.4, -0.2) is 29.7 Å². The van der Waals surface area contributed by atoms with Gasteiger partial charge in [0.1, 0.15) is 0 Å². The predicted octanol–water partition coefficient (Wildman–Crippen LogP) is 0.412. The summed E-state index contributed by atoms with van der Waals surface area (Å²) in [6.07, 6.45) is 2.66. The summed E-state index contributed by atoms with van der Waals surface area (Å²) in [7, 11) is 1.47. The van der Waals surface area contributed by atoms with E-state index in [0.29, 0.717) is 6.42 Å². The van der Waals surface area contributed by atoms with Crippen molar-refractivity contribution >= 4 is 12.0 Å². The minimum Gasteiger partial charge on any atom is -0.323 e. The normalized spacial score (nSPS) is 23.5. The number of hydrogen-bond acceptors (Lipinski definition) is 3. The van der Waals surface area contributed by atoms with Crippen LogP contribution >= 0.6 is 0 Å². The molecule has 1 saturated heterocycles. The van der Waals surface area contributed by atoms with Crippen molar-refractivity contribution in [2.45, 2.75) is 31.2 Å². The van der Waals surface area contributed by atoms with E-state index in [2.05, 4.69) is 5.32 Å². The van der Waals surface area contributed by atoms with Crippen molar-refractivity contribution in [2.75, 3.05) is 7.05 Å². The summed E-state index contributed by atoms with van der Waals surface area (Å²) in [6, 6.07) is 0. The zero-order chi connectivity index (χ0) is 9.47. The molecule has 2 aliphatic rings. The molecule has 1 aliphatic heterocycles. The van der Waals surface area contributed by atoms with E-state index >= 15 is 0 Å². The van der Waals surface area contributed by atoms with Crippen molar-refractivity contribution in [3.63, 3.8) is 0 Å². The maximum atomic E-state index is 11.3. The van der Waals surface area contributed by atoms with Crippen LogP contribution in [0.1, 0.15) is 25.7 Å². The fourth-order valence-corrected chi connectivity index (χ4v) is 1.68. The van der Waals surface area contributed by atoms with Crippen molar-refractivity contribution in [3.8, 4) is 0 Å². The summed E-state index contributed by atoms with van der Waals surface area (Å²) < 4.78 is 0. The maximum absolute atomic E-state index is 11.3. The average molecular weight is 184 g/mol. The Morgan fingerprint density at radius 1 is 1.54 bits per heavy atom. The highest BCUT2D eigenvalue weighted by Crippen LogP contribution is 2.49. The van der Waals surface area contributed by atoms with E-state index in [1.807, 2.05) is 0 Å². The second kappa shape index (κ2) is 2.61. The van der Waals surface area contributed by atoms with E-state index in [9.17, 15) is 9.59 Å². The third kappa shape index (κ3) is 1.24. The van der Waals surface area contributed by atoms with E-state index < -0.39 is 6.09 Å². The first kappa shape index (κ1) is 8.34. The lowest BCUT2D eigenvalue weighted by atomic mass is 10.2. The van der Waals surface area contributed by atoms with Gasteiger partial charge in [-0.15, -0.1) is 0 Å². The number of amides is 2. The van der Waals surface area contributed by atoms with Crippen LogP contribution in [0, 0.1) is 0 Å². The Morgan fingerprint density at radius 3 is 2.77 bits per heavy atom. The molecule has 72 valence electrons. The fourth-order valence-electron chi connectivity index (χ4n) is 1.68. The number of hydroxylamine groups is 2. The second-order valence-corrected chi connectivity index (χ2v) is 3.54. The highest BCUT2D eigenvalue weighted by molar-refractivity contribution is 5.81. The number of carbonyl (C=O) groups excluding carboxylic acids is 2. The van der Waals surface area contributed by atoms with E-state index in [1.54, 1.807) is 0 Å². The first-order valence-electron chi connectivity index (χ1n) is 4.41. The van der Waals surface area contributed by atoms with Crippen molar-refractivity contribution < 1.29 is 14.4 Å².